The highest BCUT2D eigenvalue weighted by Crippen LogP contribution is 2.31. The molecule has 0 heterocycles. The Bertz CT molecular complexity index is 465. The van der Waals surface area contributed by atoms with E-state index in [4.69, 9.17) is 5.73 Å². The number of nitrogen functional groups attached to an aromatic ring is 1. The van der Waals surface area contributed by atoms with Crippen LogP contribution in [-0.4, -0.2) is 24.2 Å². The molecule has 0 aromatic heterocycles. The van der Waals surface area contributed by atoms with E-state index in [1.54, 1.807) is 12.1 Å². The maximum absolute atomic E-state index is 11.3. The van der Waals surface area contributed by atoms with Crippen LogP contribution in [0.25, 0.3) is 0 Å². The fourth-order valence-electron chi connectivity index (χ4n) is 2.86. The molecule has 104 valence electrons. The normalized spacial score (nSPS) is 23.1. The Morgan fingerprint density at radius 1 is 1.32 bits per heavy atom. The quantitative estimate of drug-likeness (QED) is 0.822. The number of anilines is 2. The molecule has 0 amide bonds. The molecule has 1 aliphatic carbocycles. The number of hydrogen-bond acceptors (Lipinski definition) is 3. The van der Waals surface area contributed by atoms with Crippen LogP contribution in [0.4, 0.5) is 11.4 Å². The molecule has 0 radical (unpaired) electrons. The predicted octanol–water partition coefficient (Wildman–Crippen LogP) is 2.98. The van der Waals surface area contributed by atoms with Crippen molar-refractivity contribution in [1.29, 1.82) is 0 Å². The Labute approximate surface area is 114 Å². The van der Waals surface area contributed by atoms with E-state index in [9.17, 15) is 9.90 Å². The van der Waals surface area contributed by atoms with E-state index in [1.807, 2.05) is 13.1 Å². The van der Waals surface area contributed by atoms with Gasteiger partial charge in [-0.25, -0.2) is 4.79 Å². The fourth-order valence-corrected chi connectivity index (χ4v) is 2.86. The average Bonchev–Trinajstić information content (AvgIpc) is 2.38. The number of aromatic carboxylic acids is 1. The zero-order chi connectivity index (χ0) is 14.0. The Balaban J connectivity index is 2.23. The minimum atomic E-state index is -0.918. The van der Waals surface area contributed by atoms with E-state index in [2.05, 4.69) is 11.8 Å². The van der Waals surface area contributed by atoms with Gasteiger partial charge in [-0.1, -0.05) is 6.92 Å². The van der Waals surface area contributed by atoms with E-state index < -0.39 is 5.97 Å². The Morgan fingerprint density at radius 3 is 2.53 bits per heavy atom. The van der Waals surface area contributed by atoms with Gasteiger partial charge >= 0.3 is 5.97 Å². The van der Waals surface area contributed by atoms with Crippen molar-refractivity contribution in [3.8, 4) is 0 Å². The van der Waals surface area contributed by atoms with Crippen LogP contribution in [0.3, 0.4) is 0 Å². The van der Waals surface area contributed by atoms with Crippen molar-refractivity contribution in [3.05, 3.63) is 23.8 Å². The van der Waals surface area contributed by atoms with Gasteiger partial charge in [0.1, 0.15) is 0 Å². The van der Waals surface area contributed by atoms with Crippen molar-refractivity contribution in [1.82, 2.24) is 0 Å². The summed E-state index contributed by atoms with van der Waals surface area (Å²) in [6, 6.07) is 5.55. The predicted molar refractivity (Wildman–Crippen MR) is 77.6 cm³/mol. The van der Waals surface area contributed by atoms with E-state index >= 15 is 0 Å². The molecule has 4 heteroatoms. The topological polar surface area (TPSA) is 66.6 Å². The molecule has 0 saturated heterocycles. The number of nitrogens with two attached hydrogens (primary N) is 1. The summed E-state index contributed by atoms with van der Waals surface area (Å²) in [5.41, 5.74) is 7.23. The maximum Gasteiger partial charge on any atom is 0.337 e. The largest absolute Gasteiger partial charge is 0.478 e. The lowest BCUT2D eigenvalue weighted by Gasteiger charge is -2.35. The van der Waals surface area contributed by atoms with Gasteiger partial charge in [-0.3, -0.25) is 0 Å². The Hall–Kier alpha value is -1.71. The van der Waals surface area contributed by atoms with E-state index in [0.29, 0.717) is 17.3 Å². The van der Waals surface area contributed by atoms with Gasteiger partial charge in [0, 0.05) is 18.8 Å². The summed E-state index contributed by atoms with van der Waals surface area (Å²) in [7, 11) is 1.98. The first-order chi connectivity index (χ1) is 8.99. The molecule has 1 aliphatic rings. The van der Waals surface area contributed by atoms with Crippen LogP contribution in [0, 0.1) is 5.92 Å². The minimum absolute atomic E-state index is 0.293. The summed E-state index contributed by atoms with van der Waals surface area (Å²) in [5, 5.41) is 9.30. The first-order valence-electron chi connectivity index (χ1n) is 6.84. The number of nitrogens with zero attached hydrogens (tertiary/aromatic N) is 1. The summed E-state index contributed by atoms with van der Waals surface area (Å²) < 4.78 is 0. The second-order valence-electron chi connectivity index (χ2n) is 5.61. The highest BCUT2D eigenvalue weighted by molar-refractivity contribution is 5.95. The van der Waals surface area contributed by atoms with Gasteiger partial charge in [0.15, 0.2) is 0 Å². The Kier molecular flexibility index (Phi) is 3.98. The molecule has 0 atom stereocenters. The smallest absolute Gasteiger partial charge is 0.337 e. The molecule has 1 aromatic rings. The first kappa shape index (κ1) is 13.7. The third-order valence-corrected chi connectivity index (χ3v) is 4.16. The average molecular weight is 262 g/mol. The first-order valence-corrected chi connectivity index (χ1v) is 6.84. The number of carbonyl (C=O) groups is 1. The fraction of sp³-hybridized carbons (Fsp3) is 0.533. The Morgan fingerprint density at radius 2 is 1.95 bits per heavy atom. The summed E-state index contributed by atoms with van der Waals surface area (Å²) >= 11 is 0. The molecule has 2 rings (SSSR count). The highest BCUT2D eigenvalue weighted by atomic mass is 16.4. The van der Waals surface area contributed by atoms with Gasteiger partial charge < -0.3 is 15.7 Å². The van der Waals surface area contributed by atoms with Crippen molar-refractivity contribution in [3.63, 3.8) is 0 Å². The molecule has 3 N–H and O–H groups in total. The third-order valence-electron chi connectivity index (χ3n) is 4.16. The molecule has 1 fully saturated rings. The van der Waals surface area contributed by atoms with Crippen molar-refractivity contribution in [2.45, 2.75) is 38.6 Å². The van der Waals surface area contributed by atoms with Crippen molar-refractivity contribution in [2.75, 3.05) is 17.7 Å². The lowest BCUT2D eigenvalue weighted by molar-refractivity contribution is 0.0697. The van der Waals surface area contributed by atoms with Crippen LogP contribution in [0.15, 0.2) is 18.2 Å². The molecule has 0 aliphatic heterocycles. The highest BCUT2D eigenvalue weighted by Gasteiger charge is 2.24. The van der Waals surface area contributed by atoms with E-state index in [-0.39, 0.29) is 0 Å². The molecular weight excluding hydrogens is 240 g/mol. The van der Waals surface area contributed by atoms with Crippen LogP contribution >= 0.6 is 0 Å². The molecular formula is C15H22N2O2. The van der Waals surface area contributed by atoms with Gasteiger partial charge in [-0.15, -0.1) is 0 Å². The third kappa shape index (κ3) is 3.00. The summed E-state index contributed by atoms with van der Waals surface area (Å²) in [6.45, 7) is 2.28. The number of hydrogen-bond donors (Lipinski definition) is 2. The van der Waals surface area contributed by atoms with Gasteiger partial charge in [0.05, 0.1) is 11.3 Å². The standard InChI is InChI=1S/C15H22N2O2/c1-10-3-6-12(7-4-10)17(2)14-8-5-11(16)9-13(14)15(18)19/h5,8-10,12H,3-4,6-7,16H2,1-2H3,(H,18,19). The number of benzene rings is 1. The molecule has 0 unspecified atom stereocenters. The van der Waals surface area contributed by atoms with Crippen molar-refractivity contribution in [2.24, 2.45) is 5.92 Å². The van der Waals surface area contributed by atoms with Crippen molar-refractivity contribution >= 4 is 17.3 Å². The van der Waals surface area contributed by atoms with E-state index in [1.165, 1.54) is 12.8 Å². The lowest BCUT2D eigenvalue weighted by Crippen LogP contribution is -2.35. The van der Waals surface area contributed by atoms with Crippen molar-refractivity contribution < 1.29 is 9.90 Å². The SMILES string of the molecule is CC1CCC(N(C)c2ccc(N)cc2C(=O)O)CC1. The molecule has 1 aromatic carbocycles. The zero-order valence-electron chi connectivity index (χ0n) is 11.6. The summed E-state index contributed by atoms with van der Waals surface area (Å²) in [6.07, 6.45) is 4.68. The monoisotopic (exact) mass is 262 g/mol. The second kappa shape index (κ2) is 5.51. The number of carboxylic acids is 1. The van der Waals surface area contributed by atoms with Gasteiger partial charge in [0.2, 0.25) is 0 Å². The van der Waals surface area contributed by atoms with Crippen LogP contribution in [0.2, 0.25) is 0 Å². The van der Waals surface area contributed by atoms with Gasteiger partial charge in [-0.2, -0.15) is 0 Å². The minimum Gasteiger partial charge on any atom is -0.478 e. The molecule has 1 saturated carbocycles. The second-order valence-corrected chi connectivity index (χ2v) is 5.61. The van der Waals surface area contributed by atoms with Crippen LogP contribution in [0.5, 0.6) is 0 Å². The molecule has 0 bridgehead atoms. The van der Waals surface area contributed by atoms with Crippen LogP contribution < -0.4 is 10.6 Å². The van der Waals surface area contributed by atoms with E-state index in [0.717, 1.165) is 24.4 Å². The van der Waals surface area contributed by atoms with Crippen LogP contribution in [0.1, 0.15) is 43.0 Å². The van der Waals surface area contributed by atoms with Crippen LogP contribution in [-0.2, 0) is 0 Å². The lowest BCUT2D eigenvalue weighted by atomic mass is 9.86. The molecule has 0 spiro atoms. The summed E-state index contributed by atoms with van der Waals surface area (Å²) in [5.74, 6) is -0.131. The number of carboxylic acid groups (broad SMARTS) is 1. The maximum atomic E-state index is 11.3. The number of rotatable bonds is 3. The summed E-state index contributed by atoms with van der Waals surface area (Å²) in [4.78, 5) is 13.4. The molecule has 19 heavy (non-hydrogen) atoms. The van der Waals surface area contributed by atoms with Gasteiger partial charge in [0.25, 0.3) is 0 Å². The zero-order valence-corrected chi connectivity index (χ0v) is 11.6. The molecule has 4 nitrogen and oxygen atoms in total. The van der Waals surface area contributed by atoms with Gasteiger partial charge in [-0.05, 0) is 49.8 Å².